The predicted octanol–water partition coefficient (Wildman–Crippen LogP) is 1.93. The summed E-state index contributed by atoms with van der Waals surface area (Å²) in [5.74, 6) is 0. The zero-order valence-corrected chi connectivity index (χ0v) is 9.25. The van der Waals surface area contributed by atoms with Gasteiger partial charge in [-0.3, -0.25) is 0 Å². The van der Waals surface area contributed by atoms with Crippen molar-refractivity contribution < 1.29 is 4.79 Å². The Morgan fingerprint density at radius 2 is 2.14 bits per heavy atom. The molecular weight excluding hydrogens is 176 g/mol. The summed E-state index contributed by atoms with van der Waals surface area (Å²) in [6.07, 6.45) is 5.28. The number of urea groups is 1. The lowest BCUT2D eigenvalue weighted by molar-refractivity contribution is 0.131. The molecule has 2 fully saturated rings. The Labute approximate surface area is 86.1 Å². The van der Waals surface area contributed by atoms with E-state index in [9.17, 15) is 4.79 Å². The Kier molecular flexibility index (Phi) is 2.41. The lowest BCUT2D eigenvalue weighted by Gasteiger charge is -2.38. The summed E-state index contributed by atoms with van der Waals surface area (Å²) in [7, 11) is 1.88. The molecule has 0 bridgehead atoms. The summed E-state index contributed by atoms with van der Waals surface area (Å²) in [6.45, 7) is 4.81. The Balaban J connectivity index is 1.91. The molecule has 1 aliphatic carbocycles. The van der Waals surface area contributed by atoms with Crippen molar-refractivity contribution in [2.24, 2.45) is 5.41 Å². The van der Waals surface area contributed by atoms with Crippen LogP contribution in [0.25, 0.3) is 0 Å². The molecule has 1 heterocycles. The highest BCUT2D eigenvalue weighted by molar-refractivity contribution is 5.74. The van der Waals surface area contributed by atoms with Crippen LogP contribution in [-0.4, -0.2) is 42.5 Å². The number of carbonyl (C=O) groups excluding carboxylic acids is 1. The van der Waals surface area contributed by atoms with E-state index in [-0.39, 0.29) is 6.03 Å². The van der Waals surface area contributed by atoms with E-state index in [0.717, 1.165) is 19.6 Å². The van der Waals surface area contributed by atoms with Gasteiger partial charge in [0.1, 0.15) is 0 Å². The van der Waals surface area contributed by atoms with Gasteiger partial charge in [0.15, 0.2) is 0 Å². The largest absolute Gasteiger partial charge is 0.328 e. The molecular formula is C11H20N2O. The number of hydrogen-bond acceptors (Lipinski definition) is 1. The molecule has 80 valence electrons. The van der Waals surface area contributed by atoms with Gasteiger partial charge in [-0.2, -0.15) is 0 Å². The maximum atomic E-state index is 11.9. The van der Waals surface area contributed by atoms with E-state index in [1.54, 1.807) is 4.90 Å². The van der Waals surface area contributed by atoms with Crippen LogP contribution in [0.2, 0.25) is 0 Å². The van der Waals surface area contributed by atoms with E-state index in [4.69, 9.17) is 0 Å². The zero-order valence-electron chi connectivity index (χ0n) is 9.25. The summed E-state index contributed by atoms with van der Waals surface area (Å²) in [5.41, 5.74) is 0.532. The van der Waals surface area contributed by atoms with Crippen LogP contribution in [0.4, 0.5) is 4.79 Å². The highest BCUT2D eigenvalue weighted by Crippen LogP contribution is 2.47. The molecule has 2 aliphatic rings. The maximum Gasteiger partial charge on any atom is 0.319 e. The van der Waals surface area contributed by atoms with Crippen LogP contribution in [0.1, 0.15) is 32.6 Å². The SMILES string of the molecule is CCN(C)C(=O)N1CCC2(CCC2)C1. The molecule has 1 saturated carbocycles. The predicted molar refractivity (Wildman–Crippen MR) is 56.2 cm³/mol. The summed E-state index contributed by atoms with van der Waals surface area (Å²) < 4.78 is 0. The van der Waals surface area contributed by atoms with Crippen molar-refractivity contribution in [2.75, 3.05) is 26.7 Å². The number of hydrogen-bond donors (Lipinski definition) is 0. The van der Waals surface area contributed by atoms with E-state index < -0.39 is 0 Å². The number of likely N-dealkylation sites (tertiary alicyclic amines) is 1. The molecule has 1 aliphatic heterocycles. The highest BCUT2D eigenvalue weighted by Gasteiger charge is 2.44. The number of nitrogens with zero attached hydrogens (tertiary/aromatic N) is 2. The lowest BCUT2D eigenvalue weighted by atomic mass is 9.68. The van der Waals surface area contributed by atoms with Crippen molar-refractivity contribution in [2.45, 2.75) is 32.6 Å². The third kappa shape index (κ3) is 1.49. The first kappa shape index (κ1) is 9.81. The van der Waals surface area contributed by atoms with Gasteiger partial charge in [0, 0.05) is 26.7 Å². The second kappa shape index (κ2) is 3.44. The highest BCUT2D eigenvalue weighted by atomic mass is 16.2. The van der Waals surface area contributed by atoms with Gasteiger partial charge >= 0.3 is 6.03 Å². The van der Waals surface area contributed by atoms with Crippen molar-refractivity contribution in [3.05, 3.63) is 0 Å². The molecule has 0 unspecified atom stereocenters. The fourth-order valence-electron chi connectivity index (χ4n) is 2.56. The van der Waals surface area contributed by atoms with Crippen molar-refractivity contribution in [3.63, 3.8) is 0 Å². The average Bonchev–Trinajstić information content (AvgIpc) is 2.59. The summed E-state index contributed by atoms with van der Waals surface area (Å²) in [6, 6.07) is 0.219. The normalized spacial score (nSPS) is 23.7. The topological polar surface area (TPSA) is 23.6 Å². The van der Waals surface area contributed by atoms with Gasteiger partial charge in [-0.25, -0.2) is 4.79 Å². The van der Waals surface area contributed by atoms with Crippen LogP contribution in [-0.2, 0) is 0 Å². The van der Waals surface area contributed by atoms with Gasteiger partial charge in [-0.05, 0) is 31.6 Å². The number of carbonyl (C=O) groups is 1. The van der Waals surface area contributed by atoms with Crippen LogP contribution in [0.3, 0.4) is 0 Å². The zero-order chi connectivity index (χ0) is 10.2. The molecule has 14 heavy (non-hydrogen) atoms. The molecule has 2 amide bonds. The first-order valence-electron chi connectivity index (χ1n) is 5.67. The van der Waals surface area contributed by atoms with Gasteiger partial charge < -0.3 is 9.80 Å². The lowest BCUT2D eigenvalue weighted by Crippen LogP contribution is -2.42. The van der Waals surface area contributed by atoms with Crippen LogP contribution < -0.4 is 0 Å². The number of amides is 2. The van der Waals surface area contributed by atoms with E-state index >= 15 is 0 Å². The van der Waals surface area contributed by atoms with Gasteiger partial charge in [-0.15, -0.1) is 0 Å². The van der Waals surface area contributed by atoms with Crippen molar-refractivity contribution in [1.29, 1.82) is 0 Å². The van der Waals surface area contributed by atoms with Gasteiger partial charge in [0.25, 0.3) is 0 Å². The minimum absolute atomic E-state index is 0.219. The molecule has 3 heteroatoms. The van der Waals surface area contributed by atoms with E-state index in [0.29, 0.717) is 5.41 Å². The van der Waals surface area contributed by atoms with Crippen molar-refractivity contribution >= 4 is 6.03 Å². The molecule has 0 aromatic heterocycles. The monoisotopic (exact) mass is 196 g/mol. The smallest absolute Gasteiger partial charge is 0.319 e. The third-order valence-corrected chi connectivity index (χ3v) is 3.92. The van der Waals surface area contributed by atoms with E-state index in [1.165, 1.54) is 25.7 Å². The van der Waals surface area contributed by atoms with Gasteiger partial charge in [0.05, 0.1) is 0 Å². The fraction of sp³-hybridized carbons (Fsp3) is 0.909. The van der Waals surface area contributed by atoms with Crippen molar-refractivity contribution in [3.8, 4) is 0 Å². The molecule has 0 aromatic rings. The second-order valence-electron chi connectivity index (χ2n) is 4.82. The Morgan fingerprint density at radius 3 is 2.57 bits per heavy atom. The Bertz CT molecular complexity index is 235. The third-order valence-electron chi connectivity index (χ3n) is 3.92. The van der Waals surface area contributed by atoms with Crippen molar-refractivity contribution in [1.82, 2.24) is 9.80 Å². The van der Waals surface area contributed by atoms with Crippen LogP contribution >= 0.6 is 0 Å². The van der Waals surface area contributed by atoms with Crippen LogP contribution in [0.5, 0.6) is 0 Å². The summed E-state index contributed by atoms with van der Waals surface area (Å²) >= 11 is 0. The molecule has 0 radical (unpaired) electrons. The fourth-order valence-corrected chi connectivity index (χ4v) is 2.56. The van der Waals surface area contributed by atoms with Crippen LogP contribution in [0.15, 0.2) is 0 Å². The maximum absolute atomic E-state index is 11.9. The summed E-state index contributed by atoms with van der Waals surface area (Å²) in [4.78, 5) is 15.7. The summed E-state index contributed by atoms with van der Waals surface area (Å²) in [5, 5.41) is 0. The molecule has 0 aromatic carbocycles. The molecule has 3 nitrogen and oxygen atoms in total. The number of rotatable bonds is 1. The van der Waals surface area contributed by atoms with Gasteiger partial charge in [-0.1, -0.05) is 6.42 Å². The molecule has 2 rings (SSSR count). The molecule has 0 N–H and O–H groups in total. The Hall–Kier alpha value is -0.730. The van der Waals surface area contributed by atoms with Gasteiger partial charge in [0.2, 0.25) is 0 Å². The molecule has 1 spiro atoms. The minimum Gasteiger partial charge on any atom is -0.328 e. The average molecular weight is 196 g/mol. The van der Waals surface area contributed by atoms with E-state index in [2.05, 4.69) is 0 Å². The second-order valence-corrected chi connectivity index (χ2v) is 4.82. The first-order chi connectivity index (χ1) is 6.67. The quantitative estimate of drug-likeness (QED) is 0.628. The van der Waals surface area contributed by atoms with E-state index in [1.807, 2.05) is 18.9 Å². The van der Waals surface area contributed by atoms with Crippen LogP contribution in [0, 0.1) is 5.41 Å². The minimum atomic E-state index is 0.219. The Morgan fingerprint density at radius 1 is 1.43 bits per heavy atom. The first-order valence-corrected chi connectivity index (χ1v) is 5.67. The molecule has 1 saturated heterocycles. The standard InChI is InChI=1S/C11H20N2O/c1-3-12(2)10(14)13-8-7-11(9-13)5-4-6-11/h3-9H2,1-2H3. The molecule has 0 atom stereocenters.